The Hall–Kier alpha value is -0.630. The van der Waals surface area contributed by atoms with Crippen molar-refractivity contribution in [2.75, 3.05) is 11.5 Å². The molecule has 1 aromatic carbocycles. The number of hydrogen-bond donors (Lipinski definition) is 0. The predicted octanol–water partition coefficient (Wildman–Crippen LogP) is 3.30. The Morgan fingerprint density at radius 2 is 1.62 bits per heavy atom. The van der Waals surface area contributed by atoms with E-state index in [0.717, 1.165) is 5.69 Å². The number of hydrogen-bond acceptors (Lipinski definition) is 1. The molecular formula is C11H15NS. The topological polar surface area (TPSA) is 12.4 Å². The van der Waals surface area contributed by atoms with E-state index < -0.39 is 0 Å². The lowest BCUT2D eigenvalue weighted by Crippen LogP contribution is -2.08. The van der Waals surface area contributed by atoms with E-state index >= 15 is 0 Å². The van der Waals surface area contributed by atoms with Crippen LogP contribution in [0.25, 0.3) is 0 Å². The van der Waals surface area contributed by atoms with Gasteiger partial charge in [0.05, 0.1) is 5.69 Å². The van der Waals surface area contributed by atoms with Crippen molar-refractivity contribution < 1.29 is 0 Å². The van der Waals surface area contributed by atoms with Gasteiger partial charge in [-0.3, -0.25) is 0 Å². The van der Waals surface area contributed by atoms with Crippen LogP contribution in [-0.2, 0) is 10.7 Å². The van der Waals surface area contributed by atoms with Crippen LogP contribution in [0.3, 0.4) is 0 Å². The summed E-state index contributed by atoms with van der Waals surface area (Å²) in [5.74, 6) is 2.63. The molecule has 0 atom stereocenters. The Kier molecular flexibility index (Phi) is 3.14. The summed E-state index contributed by atoms with van der Waals surface area (Å²) in [7, 11) is 0.329. The highest BCUT2D eigenvalue weighted by Gasteiger charge is 2.04. The van der Waals surface area contributed by atoms with Crippen LogP contribution in [0.4, 0.5) is 5.69 Å². The zero-order chi connectivity index (χ0) is 8.93. The van der Waals surface area contributed by atoms with Crippen molar-refractivity contribution in [3.63, 3.8) is 0 Å². The fraction of sp³-hybridized carbons (Fsp3) is 0.455. The zero-order valence-corrected chi connectivity index (χ0v) is 8.59. The SMILES string of the molecule is c1ccc(N=S2CCCCC2)cc1. The molecule has 1 aliphatic heterocycles. The molecule has 0 unspecified atom stereocenters. The Balaban J connectivity index is 2.10. The summed E-state index contributed by atoms with van der Waals surface area (Å²) in [5.41, 5.74) is 1.16. The van der Waals surface area contributed by atoms with Gasteiger partial charge in [-0.15, -0.1) is 0 Å². The average molecular weight is 193 g/mol. The molecule has 2 rings (SSSR count). The summed E-state index contributed by atoms with van der Waals surface area (Å²) < 4.78 is 4.75. The van der Waals surface area contributed by atoms with Crippen molar-refractivity contribution >= 4 is 16.4 Å². The standard InChI is InChI=1S/C11H15NS/c1-3-7-11(8-4-1)12-13-9-5-2-6-10-13/h1,3-4,7-8H,2,5-6,9-10H2. The van der Waals surface area contributed by atoms with Gasteiger partial charge in [-0.05, 0) is 25.0 Å². The van der Waals surface area contributed by atoms with Gasteiger partial charge in [0, 0.05) is 11.5 Å². The van der Waals surface area contributed by atoms with Crippen molar-refractivity contribution in [2.45, 2.75) is 19.3 Å². The molecule has 0 radical (unpaired) electrons. The van der Waals surface area contributed by atoms with Gasteiger partial charge in [0.2, 0.25) is 0 Å². The van der Waals surface area contributed by atoms with Gasteiger partial charge in [0.25, 0.3) is 0 Å². The zero-order valence-electron chi connectivity index (χ0n) is 7.78. The molecule has 1 saturated heterocycles. The number of rotatable bonds is 1. The molecular weight excluding hydrogens is 178 g/mol. The molecule has 0 amide bonds. The Morgan fingerprint density at radius 3 is 2.31 bits per heavy atom. The molecule has 0 spiro atoms. The monoisotopic (exact) mass is 193 g/mol. The minimum absolute atomic E-state index is 0.329. The van der Waals surface area contributed by atoms with Crippen LogP contribution >= 0.6 is 0 Å². The third-order valence-corrected chi connectivity index (χ3v) is 4.24. The molecule has 1 heterocycles. The third-order valence-electron chi connectivity index (χ3n) is 2.25. The van der Waals surface area contributed by atoms with E-state index in [0.29, 0.717) is 10.7 Å². The van der Waals surface area contributed by atoms with Gasteiger partial charge in [-0.1, -0.05) is 35.3 Å². The number of benzene rings is 1. The summed E-state index contributed by atoms with van der Waals surface area (Å²) in [6.07, 6.45) is 4.16. The van der Waals surface area contributed by atoms with Crippen molar-refractivity contribution in [3.05, 3.63) is 30.3 Å². The first kappa shape index (κ1) is 8.95. The Morgan fingerprint density at radius 1 is 0.923 bits per heavy atom. The lowest BCUT2D eigenvalue weighted by atomic mass is 10.3. The summed E-state index contributed by atoms with van der Waals surface area (Å²) in [5, 5.41) is 0. The fourth-order valence-corrected chi connectivity index (χ4v) is 3.43. The van der Waals surface area contributed by atoms with Crippen LogP contribution in [0.15, 0.2) is 34.7 Å². The first-order valence-electron chi connectivity index (χ1n) is 4.89. The molecule has 1 fully saturated rings. The van der Waals surface area contributed by atoms with Crippen molar-refractivity contribution in [3.8, 4) is 0 Å². The van der Waals surface area contributed by atoms with E-state index in [1.807, 2.05) is 6.07 Å². The van der Waals surface area contributed by atoms with Gasteiger partial charge in [0.1, 0.15) is 0 Å². The first-order chi connectivity index (χ1) is 6.45. The maximum atomic E-state index is 4.75. The van der Waals surface area contributed by atoms with Crippen molar-refractivity contribution in [1.29, 1.82) is 0 Å². The lowest BCUT2D eigenvalue weighted by Gasteiger charge is -2.13. The third kappa shape index (κ3) is 2.66. The van der Waals surface area contributed by atoms with Gasteiger partial charge in [0.15, 0.2) is 0 Å². The summed E-state index contributed by atoms with van der Waals surface area (Å²) in [6.45, 7) is 0. The van der Waals surface area contributed by atoms with Crippen molar-refractivity contribution in [1.82, 2.24) is 0 Å². The number of nitrogens with zero attached hydrogens (tertiary/aromatic N) is 1. The quantitative estimate of drug-likeness (QED) is 0.649. The molecule has 0 aromatic heterocycles. The van der Waals surface area contributed by atoms with Gasteiger partial charge >= 0.3 is 0 Å². The predicted molar refractivity (Wildman–Crippen MR) is 59.5 cm³/mol. The highest BCUT2D eigenvalue weighted by Crippen LogP contribution is 2.16. The molecule has 13 heavy (non-hydrogen) atoms. The molecule has 1 aromatic rings. The van der Waals surface area contributed by atoms with E-state index in [4.69, 9.17) is 4.36 Å². The van der Waals surface area contributed by atoms with Crippen LogP contribution in [-0.4, -0.2) is 11.5 Å². The molecule has 0 bridgehead atoms. The normalized spacial score (nSPS) is 18.5. The van der Waals surface area contributed by atoms with Crippen molar-refractivity contribution in [2.24, 2.45) is 4.36 Å². The second kappa shape index (κ2) is 4.56. The summed E-state index contributed by atoms with van der Waals surface area (Å²) in [6, 6.07) is 10.4. The minimum atomic E-state index is 0.329. The molecule has 0 saturated carbocycles. The van der Waals surface area contributed by atoms with Gasteiger partial charge in [-0.2, -0.15) is 0 Å². The molecule has 1 nitrogen and oxygen atoms in total. The van der Waals surface area contributed by atoms with Crippen LogP contribution in [0.1, 0.15) is 19.3 Å². The molecule has 2 heteroatoms. The highest BCUT2D eigenvalue weighted by molar-refractivity contribution is 7.87. The van der Waals surface area contributed by atoms with E-state index in [2.05, 4.69) is 24.3 Å². The fourth-order valence-electron chi connectivity index (χ4n) is 1.55. The van der Waals surface area contributed by atoms with E-state index in [9.17, 15) is 0 Å². The van der Waals surface area contributed by atoms with Crippen LogP contribution in [0.2, 0.25) is 0 Å². The smallest absolute Gasteiger partial charge is 0.0703 e. The van der Waals surface area contributed by atoms with Crippen LogP contribution in [0.5, 0.6) is 0 Å². The maximum Gasteiger partial charge on any atom is 0.0703 e. The van der Waals surface area contributed by atoms with E-state index in [1.165, 1.54) is 30.8 Å². The largest absolute Gasteiger partial charge is 0.228 e. The highest BCUT2D eigenvalue weighted by atomic mass is 32.2. The molecule has 70 valence electrons. The van der Waals surface area contributed by atoms with E-state index in [1.54, 1.807) is 0 Å². The molecule has 1 aliphatic rings. The Labute approximate surface area is 82.3 Å². The van der Waals surface area contributed by atoms with Crippen LogP contribution in [0, 0.1) is 0 Å². The average Bonchev–Trinajstić information content (AvgIpc) is 2.21. The lowest BCUT2D eigenvalue weighted by molar-refractivity contribution is 0.760. The van der Waals surface area contributed by atoms with Gasteiger partial charge in [-0.25, -0.2) is 4.36 Å². The minimum Gasteiger partial charge on any atom is -0.228 e. The Bertz CT molecular complexity index is 284. The summed E-state index contributed by atoms with van der Waals surface area (Å²) >= 11 is 0. The summed E-state index contributed by atoms with van der Waals surface area (Å²) in [4.78, 5) is 0. The van der Waals surface area contributed by atoms with Crippen LogP contribution < -0.4 is 0 Å². The second-order valence-electron chi connectivity index (χ2n) is 3.36. The maximum absolute atomic E-state index is 4.75. The first-order valence-corrected chi connectivity index (χ1v) is 6.41. The van der Waals surface area contributed by atoms with E-state index in [-0.39, 0.29) is 0 Å². The van der Waals surface area contributed by atoms with Gasteiger partial charge < -0.3 is 0 Å². The molecule has 0 aliphatic carbocycles. The second-order valence-corrected chi connectivity index (χ2v) is 5.28. The molecule has 0 N–H and O–H groups in total.